The molecule has 0 amide bonds. The Labute approximate surface area is 125 Å². The molecular formula is C15H23N5O. The van der Waals surface area contributed by atoms with E-state index in [9.17, 15) is 4.79 Å². The number of rotatable bonds is 3. The molecule has 1 aliphatic carbocycles. The maximum absolute atomic E-state index is 12.1. The summed E-state index contributed by atoms with van der Waals surface area (Å²) in [7, 11) is 3.86. The van der Waals surface area contributed by atoms with Crippen molar-refractivity contribution in [2.24, 2.45) is 5.92 Å². The number of aryl methyl sites for hydroxylation is 1. The number of Topliss-reactive ketones (excluding diaryl/α,β-unsaturated/α-hetero) is 1. The van der Waals surface area contributed by atoms with E-state index in [1.54, 1.807) is 0 Å². The van der Waals surface area contributed by atoms with Gasteiger partial charge in [-0.1, -0.05) is 0 Å². The van der Waals surface area contributed by atoms with Gasteiger partial charge in [-0.15, -0.1) is 0 Å². The van der Waals surface area contributed by atoms with Crippen LogP contribution in [0.3, 0.4) is 0 Å². The first-order valence-electron chi connectivity index (χ1n) is 7.75. The predicted octanol–water partition coefficient (Wildman–Crippen LogP) is 1.58. The predicted molar refractivity (Wildman–Crippen MR) is 81.6 cm³/mol. The Morgan fingerprint density at radius 3 is 2.62 bits per heavy atom. The maximum atomic E-state index is 12.1. The summed E-state index contributed by atoms with van der Waals surface area (Å²) in [5.74, 6) is 2.74. The Hall–Kier alpha value is -1.72. The fraction of sp³-hybridized carbons (Fsp3) is 0.733. The van der Waals surface area contributed by atoms with Gasteiger partial charge in [0.05, 0.1) is 0 Å². The van der Waals surface area contributed by atoms with Gasteiger partial charge >= 0.3 is 0 Å². The lowest BCUT2D eigenvalue weighted by Gasteiger charge is -2.29. The van der Waals surface area contributed by atoms with Gasteiger partial charge in [0.2, 0.25) is 11.9 Å². The number of carbonyl (C=O) groups is 1. The minimum Gasteiger partial charge on any atom is -0.347 e. The van der Waals surface area contributed by atoms with Crippen LogP contribution in [0.2, 0.25) is 0 Å². The van der Waals surface area contributed by atoms with Gasteiger partial charge in [0, 0.05) is 39.0 Å². The Morgan fingerprint density at radius 2 is 1.95 bits per heavy atom. The second-order valence-corrected chi connectivity index (χ2v) is 6.25. The van der Waals surface area contributed by atoms with Gasteiger partial charge in [-0.3, -0.25) is 4.79 Å². The van der Waals surface area contributed by atoms with E-state index in [-0.39, 0.29) is 12.0 Å². The van der Waals surface area contributed by atoms with Crippen LogP contribution in [0.4, 0.5) is 11.9 Å². The van der Waals surface area contributed by atoms with Crippen molar-refractivity contribution in [2.75, 3.05) is 30.4 Å². The van der Waals surface area contributed by atoms with Gasteiger partial charge < -0.3 is 9.80 Å². The maximum Gasteiger partial charge on any atom is 0.230 e. The van der Waals surface area contributed by atoms with Crippen LogP contribution < -0.4 is 9.80 Å². The molecule has 0 aromatic carbocycles. The summed E-state index contributed by atoms with van der Waals surface area (Å²) >= 11 is 0. The molecule has 114 valence electrons. The molecule has 1 saturated heterocycles. The van der Waals surface area contributed by atoms with Crippen LogP contribution in [0.25, 0.3) is 0 Å². The van der Waals surface area contributed by atoms with Crippen molar-refractivity contribution in [3.8, 4) is 0 Å². The van der Waals surface area contributed by atoms with Crippen molar-refractivity contribution in [3.63, 3.8) is 0 Å². The van der Waals surface area contributed by atoms with E-state index < -0.39 is 0 Å². The Morgan fingerprint density at radius 1 is 1.14 bits per heavy atom. The van der Waals surface area contributed by atoms with Crippen LogP contribution in [0.5, 0.6) is 0 Å². The van der Waals surface area contributed by atoms with E-state index in [0.717, 1.165) is 50.4 Å². The van der Waals surface area contributed by atoms with Gasteiger partial charge in [0.1, 0.15) is 11.6 Å². The molecule has 1 aromatic rings. The molecule has 0 unspecified atom stereocenters. The van der Waals surface area contributed by atoms with Crippen molar-refractivity contribution in [3.05, 3.63) is 5.82 Å². The molecule has 2 aliphatic rings. The van der Waals surface area contributed by atoms with E-state index in [1.807, 2.05) is 25.9 Å². The molecule has 2 heterocycles. The average molecular weight is 289 g/mol. The third-order valence-corrected chi connectivity index (χ3v) is 4.50. The summed E-state index contributed by atoms with van der Waals surface area (Å²) in [6.07, 6.45) is 4.97. The highest BCUT2D eigenvalue weighted by Gasteiger charge is 2.39. The van der Waals surface area contributed by atoms with Crippen LogP contribution in [-0.4, -0.2) is 47.4 Å². The van der Waals surface area contributed by atoms with E-state index in [4.69, 9.17) is 0 Å². The van der Waals surface area contributed by atoms with Crippen LogP contribution in [0.1, 0.15) is 37.9 Å². The van der Waals surface area contributed by atoms with Gasteiger partial charge in [0.15, 0.2) is 0 Å². The van der Waals surface area contributed by atoms with Crippen LogP contribution >= 0.6 is 0 Å². The van der Waals surface area contributed by atoms with E-state index in [1.165, 1.54) is 0 Å². The number of aromatic nitrogens is 3. The minimum absolute atomic E-state index is 0.173. The Balaban J connectivity index is 1.89. The molecule has 1 aliphatic heterocycles. The minimum atomic E-state index is 0.173. The average Bonchev–Trinajstić information content (AvgIpc) is 3.05. The zero-order valence-electron chi connectivity index (χ0n) is 13.0. The lowest BCUT2D eigenvalue weighted by atomic mass is 9.95. The highest BCUT2D eigenvalue weighted by molar-refractivity contribution is 5.84. The zero-order valence-corrected chi connectivity index (χ0v) is 13.0. The summed E-state index contributed by atoms with van der Waals surface area (Å²) in [6, 6.07) is 0.275. The molecule has 0 spiro atoms. The fourth-order valence-corrected chi connectivity index (χ4v) is 3.49. The van der Waals surface area contributed by atoms with Gasteiger partial charge in [-0.2, -0.15) is 15.0 Å². The van der Waals surface area contributed by atoms with Crippen molar-refractivity contribution in [1.29, 1.82) is 0 Å². The van der Waals surface area contributed by atoms with E-state index >= 15 is 0 Å². The zero-order chi connectivity index (χ0) is 15.0. The molecule has 0 bridgehead atoms. The Kier molecular flexibility index (Phi) is 3.78. The molecule has 0 N–H and O–H groups in total. The molecule has 1 saturated carbocycles. The van der Waals surface area contributed by atoms with E-state index in [2.05, 4.69) is 19.9 Å². The van der Waals surface area contributed by atoms with Crippen molar-refractivity contribution in [2.45, 2.75) is 45.1 Å². The molecular weight excluding hydrogens is 266 g/mol. The topological polar surface area (TPSA) is 62.2 Å². The number of ketones is 1. The lowest BCUT2D eigenvalue weighted by molar-refractivity contribution is -0.121. The summed E-state index contributed by atoms with van der Waals surface area (Å²) in [5, 5.41) is 0. The van der Waals surface area contributed by atoms with Crippen LogP contribution in [0.15, 0.2) is 0 Å². The lowest BCUT2D eigenvalue weighted by Crippen LogP contribution is -2.39. The third-order valence-electron chi connectivity index (χ3n) is 4.50. The van der Waals surface area contributed by atoms with Crippen molar-refractivity contribution >= 4 is 17.7 Å². The normalized spacial score (nSPS) is 25.7. The number of carbonyl (C=O) groups excluding carboxylic acids is 1. The highest BCUT2D eigenvalue weighted by atomic mass is 16.1. The SMILES string of the molecule is Cc1nc(N(C)C)nc(N2CCC[C@@H]2[C@@H]2CCCC2=O)n1. The van der Waals surface area contributed by atoms with Crippen molar-refractivity contribution < 1.29 is 4.79 Å². The molecule has 2 fully saturated rings. The monoisotopic (exact) mass is 289 g/mol. The number of anilines is 2. The fourth-order valence-electron chi connectivity index (χ4n) is 3.49. The van der Waals surface area contributed by atoms with Gasteiger partial charge in [-0.25, -0.2) is 0 Å². The van der Waals surface area contributed by atoms with Crippen LogP contribution in [-0.2, 0) is 4.79 Å². The summed E-state index contributed by atoms with van der Waals surface area (Å²) < 4.78 is 0. The molecule has 6 heteroatoms. The van der Waals surface area contributed by atoms with Crippen LogP contribution in [0, 0.1) is 12.8 Å². The smallest absolute Gasteiger partial charge is 0.230 e. The molecule has 21 heavy (non-hydrogen) atoms. The molecule has 0 radical (unpaired) electrons. The van der Waals surface area contributed by atoms with Gasteiger partial charge in [-0.05, 0) is 32.6 Å². The number of nitrogens with zero attached hydrogens (tertiary/aromatic N) is 5. The number of hydrogen-bond donors (Lipinski definition) is 0. The number of hydrogen-bond acceptors (Lipinski definition) is 6. The summed E-state index contributed by atoms with van der Waals surface area (Å²) in [5.41, 5.74) is 0. The summed E-state index contributed by atoms with van der Waals surface area (Å²) in [6.45, 7) is 2.83. The molecule has 1 aromatic heterocycles. The quantitative estimate of drug-likeness (QED) is 0.842. The van der Waals surface area contributed by atoms with E-state index in [0.29, 0.717) is 11.7 Å². The van der Waals surface area contributed by atoms with Gasteiger partial charge in [0.25, 0.3) is 0 Å². The first kappa shape index (κ1) is 14.2. The highest BCUT2D eigenvalue weighted by Crippen LogP contribution is 2.35. The first-order valence-corrected chi connectivity index (χ1v) is 7.75. The Bertz CT molecular complexity index is 545. The third kappa shape index (κ3) is 2.71. The second-order valence-electron chi connectivity index (χ2n) is 6.25. The molecule has 2 atom stereocenters. The molecule has 6 nitrogen and oxygen atoms in total. The summed E-state index contributed by atoms with van der Waals surface area (Å²) in [4.78, 5) is 29.7. The van der Waals surface area contributed by atoms with Crippen molar-refractivity contribution in [1.82, 2.24) is 15.0 Å². The first-order chi connectivity index (χ1) is 10.1. The second kappa shape index (κ2) is 5.58. The molecule has 3 rings (SSSR count). The standard InChI is InChI=1S/C15H23N5O/c1-10-16-14(19(2)3)18-15(17-10)20-9-5-7-12(20)11-6-4-8-13(11)21/h11-12H,4-9H2,1-3H3/t11-,12+/m0/s1. The largest absolute Gasteiger partial charge is 0.347 e.